The van der Waals surface area contributed by atoms with Gasteiger partial charge in [0.05, 0.1) is 0 Å². The van der Waals surface area contributed by atoms with Crippen LogP contribution in [0.5, 0.6) is 5.75 Å². The molecule has 1 aromatic heterocycles. The van der Waals surface area contributed by atoms with Crippen LogP contribution in [0.15, 0.2) is 35.1 Å². The van der Waals surface area contributed by atoms with Gasteiger partial charge in [-0.2, -0.15) is 0 Å². The molecule has 2 aliphatic rings. The minimum Gasteiger partial charge on any atom is -0.489 e. The van der Waals surface area contributed by atoms with E-state index in [1.54, 1.807) is 0 Å². The first-order valence-electron chi connectivity index (χ1n) is 10.6. The molecule has 7 heteroatoms. The van der Waals surface area contributed by atoms with Crippen LogP contribution in [0.2, 0.25) is 0 Å². The monoisotopic (exact) mass is 398 g/mol. The maximum atomic E-state index is 11.5. The van der Waals surface area contributed by atoms with E-state index < -0.39 is 0 Å². The van der Waals surface area contributed by atoms with Gasteiger partial charge in [-0.25, -0.2) is 0 Å². The molecule has 3 atom stereocenters. The number of nitrogens with zero attached hydrogens (tertiary/aromatic N) is 4. The number of aromatic nitrogens is 2. The van der Waals surface area contributed by atoms with Crippen LogP contribution in [-0.4, -0.2) is 70.7 Å². The Hall–Kier alpha value is -2.25. The Morgan fingerprint density at radius 1 is 1.14 bits per heavy atom. The summed E-state index contributed by atoms with van der Waals surface area (Å²) in [5, 5.41) is 7.66. The third-order valence-electron chi connectivity index (χ3n) is 6.28. The van der Waals surface area contributed by atoms with E-state index in [2.05, 4.69) is 33.8 Å². The summed E-state index contributed by atoms with van der Waals surface area (Å²) in [6.45, 7) is 8.72. The fourth-order valence-corrected chi connectivity index (χ4v) is 4.53. The molecule has 2 fully saturated rings. The average molecular weight is 399 g/mol. The highest BCUT2D eigenvalue weighted by Crippen LogP contribution is 2.31. The molecule has 0 spiro atoms. The van der Waals surface area contributed by atoms with Gasteiger partial charge in [-0.05, 0) is 57.4 Å². The second-order valence-corrected chi connectivity index (χ2v) is 8.37. The van der Waals surface area contributed by atoms with Gasteiger partial charge in [0.15, 0.2) is 0 Å². The molecule has 156 valence electrons. The van der Waals surface area contributed by atoms with Gasteiger partial charge in [-0.15, -0.1) is 10.2 Å². The summed E-state index contributed by atoms with van der Waals surface area (Å²) in [5.74, 6) is 1.49. The summed E-state index contributed by atoms with van der Waals surface area (Å²) in [5.41, 5.74) is 0.876. The third-order valence-corrected chi connectivity index (χ3v) is 6.28. The Labute approximate surface area is 172 Å². The molecule has 1 aliphatic heterocycles. The van der Waals surface area contributed by atoms with Crippen LogP contribution in [0.4, 0.5) is 0 Å². The largest absolute Gasteiger partial charge is 0.489 e. The van der Waals surface area contributed by atoms with Crippen molar-refractivity contribution in [2.24, 2.45) is 5.92 Å². The van der Waals surface area contributed by atoms with E-state index in [0.29, 0.717) is 11.9 Å². The minimum absolute atomic E-state index is 0.103. The minimum atomic E-state index is 0.103. The molecule has 0 amide bonds. The van der Waals surface area contributed by atoms with Gasteiger partial charge >= 0.3 is 0 Å². The van der Waals surface area contributed by atoms with Gasteiger partial charge in [0.1, 0.15) is 18.1 Å². The molecule has 7 nitrogen and oxygen atoms in total. The van der Waals surface area contributed by atoms with Crippen LogP contribution in [0.25, 0.3) is 11.5 Å². The van der Waals surface area contributed by atoms with Crippen molar-refractivity contribution in [3.63, 3.8) is 0 Å². The van der Waals surface area contributed by atoms with E-state index >= 15 is 0 Å². The number of aldehydes is 1. The van der Waals surface area contributed by atoms with E-state index in [1.807, 2.05) is 24.3 Å². The van der Waals surface area contributed by atoms with Gasteiger partial charge in [-0.1, -0.05) is 0 Å². The molecule has 0 bridgehead atoms. The van der Waals surface area contributed by atoms with E-state index in [0.717, 1.165) is 63.0 Å². The second kappa shape index (κ2) is 9.05. The Kier molecular flexibility index (Phi) is 6.25. The van der Waals surface area contributed by atoms with Crippen molar-refractivity contribution in [2.75, 3.05) is 26.2 Å². The first-order chi connectivity index (χ1) is 14.1. The van der Waals surface area contributed by atoms with E-state index in [4.69, 9.17) is 9.15 Å². The quantitative estimate of drug-likeness (QED) is 0.693. The molecule has 0 radical (unpaired) electrons. The lowest BCUT2D eigenvalue weighted by Crippen LogP contribution is -2.57. The second-order valence-electron chi connectivity index (χ2n) is 8.37. The van der Waals surface area contributed by atoms with Gasteiger partial charge in [-0.3, -0.25) is 9.80 Å². The first kappa shape index (κ1) is 20.0. The Bertz CT molecular complexity index is 770. The number of hydrogen-bond donors (Lipinski definition) is 0. The van der Waals surface area contributed by atoms with Crippen molar-refractivity contribution in [3.05, 3.63) is 30.7 Å². The molecular weight excluding hydrogens is 368 g/mol. The molecular formula is C22H30N4O3. The van der Waals surface area contributed by atoms with Crippen molar-refractivity contribution < 1.29 is 13.9 Å². The molecule has 3 unspecified atom stereocenters. The average Bonchev–Trinajstić information content (AvgIpc) is 3.29. The maximum Gasteiger partial charge on any atom is 0.247 e. The van der Waals surface area contributed by atoms with Crippen LogP contribution in [0.3, 0.4) is 0 Å². The molecule has 1 saturated heterocycles. The highest BCUT2D eigenvalue weighted by atomic mass is 16.5. The number of hydrogen-bond acceptors (Lipinski definition) is 7. The summed E-state index contributed by atoms with van der Waals surface area (Å²) < 4.78 is 11.7. The number of rotatable bonds is 6. The molecule has 1 saturated carbocycles. The fraction of sp³-hybridized carbons (Fsp3) is 0.591. The Balaban J connectivity index is 1.43. The molecule has 1 aromatic carbocycles. The van der Waals surface area contributed by atoms with E-state index in [-0.39, 0.29) is 18.1 Å². The Morgan fingerprint density at radius 2 is 1.90 bits per heavy atom. The van der Waals surface area contributed by atoms with Crippen LogP contribution < -0.4 is 4.74 Å². The SMILES string of the molecule is CC(C)N1CCN(C2CC(C=O)CCC2Oc2ccc(-c3nnco3)cc2)CC1. The lowest BCUT2D eigenvalue weighted by Gasteiger charge is -2.45. The summed E-state index contributed by atoms with van der Waals surface area (Å²) in [6, 6.07) is 8.66. The van der Waals surface area contributed by atoms with Gasteiger partial charge < -0.3 is 13.9 Å². The molecule has 2 aromatic rings. The number of carbonyl (C=O) groups excluding carboxylic acids is 1. The highest BCUT2D eigenvalue weighted by molar-refractivity contribution is 5.54. The van der Waals surface area contributed by atoms with Crippen LogP contribution in [-0.2, 0) is 4.79 Å². The van der Waals surface area contributed by atoms with Crippen molar-refractivity contribution in [2.45, 2.75) is 51.3 Å². The predicted octanol–water partition coefficient (Wildman–Crippen LogP) is 2.88. The summed E-state index contributed by atoms with van der Waals surface area (Å²) in [4.78, 5) is 16.5. The normalized spacial score (nSPS) is 26.5. The number of benzene rings is 1. The smallest absolute Gasteiger partial charge is 0.247 e. The fourth-order valence-electron chi connectivity index (χ4n) is 4.53. The van der Waals surface area contributed by atoms with Crippen molar-refractivity contribution in [1.82, 2.24) is 20.0 Å². The highest BCUT2D eigenvalue weighted by Gasteiger charge is 2.37. The summed E-state index contributed by atoms with van der Waals surface area (Å²) >= 11 is 0. The molecule has 29 heavy (non-hydrogen) atoms. The van der Waals surface area contributed by atoms with Crippen molar-refractivity contribution in [3.8, 4) is 17.2 Å². The van der Waals surface area contributed by atoms with Crippen LogP contribution in [0.1, 0.15) is 33.1 Å². The maximum absolute atomic E-state index is 11.5. The van der Waals surface area contributed by atoms with Gasteiger partial charge in [0.25, 0.3) is 0 Å². The lowest BCUT2D eigenvalue weighted by molar-refractivity contribution is -0.114. The van der Waals surface area contributed by atoms with Crippen LogP contribution in [0, 0.1) is 5.92 Å². The zero-order valence-corrected chi connectivity index (χ0v) is 17.2. The summed E-state index contributed by atoms with van der Waals surface area (Å²) in [6.07, 6.45) is 5.25. The van der Waals surface area contributed by atoms with Crippen molar-refractivity contribution in [1.29, 1.82) is 0 Å². The van der Waals surface area contributed by atoms with Gasteiger partial charge in [0.2, 0.25) is 12.3 Å². The number of piperazine rings is 1. The van der Waals surface area contributed by atoms with Crippen molar-refractivity contribution >= 4 is 6.29 Å². The summed E-state index contributed by atoms with van der Waals surface area (Å²) in [7, 11) is 0. The zero-order valence-electron chi connectivity index (χ0n) is 17.2. The topological polar surface area (TPSA) is 71.7 Å². The zero-order chi connectivity index (χ0) is 20.2. The molecule has 0 N–H and O–H groups in total. The first-order valence-corrected chi connectivity index (χ1v) is 10.6. The lowest BCUT2D eigenvalue weighted by atomic mass is 9.83. The standard InChI is InChI=1S/C22H30N4O3/c1-16(2)25-9-11-26(12-10-25)20-13-17(14-27)3-8-21(20)29-19-6-4-18(5-7-19)22-24-23-15-28-22/h4-7,14-17,20-21H,3,8-13H2,1-2H3. The molecule has 1 aliphatic carbocycles. The number of ether oxygens (including phenoxy) is 1. The molecule has 2 heterocycles. The van der Waals surface area contributed by atoms with Gasteiger partial charge in [0, 0.05) is 49.7 Å². The van der Waals surface area contributed by atoms with E-state index in [9.17, 15) is 4.79 Å². The predicted molar refractivity (Wildman–Crippen MR) is 110 cm³/mol. The third kappa shape index (κ3) is 4.67. The molecule has 4 rings (SSSR count). The van der Waals surface area contributed by atoms with E-state index in [1.165, 1.54) is 6.39 Å². The number of carbonyl (C=O) groups is 1. The Morgan fingerprint density at radius 3 is 2.52 bits per heavy atom. The van der Waals surface area contributed by atoms with Crippen LogP contribution >= 0.6 is 0 Å².